The van der Waals surface area contributed by atoms with Crippen LogP contribution in [0.5, 0.6) is 0 Å². The predicted molar refractivity (Wildman–Crippen MR) is 67.9 cm³/mol. The number of aliphatic imine (C=N–C) groups is 1. The Morgan fingerprint density at radius 1 is 1.50 bits per heavy atom. The van der Waals surface area contributed by atoms with Gasteiger partial charge in [-0.3, -0.25) is 4.99 Å². The van der Waals surface area contributed by atoms with E-state index in [9.17, 15) is 8.78 Å². The molecule has 0 aromatic rings. The van der Waals surface area contributed by atoms with Gasteiger partial charge in [0.2, 0.25) is 5.92 Å². The van der Waals surface area contributed by atoms with Crippen LogP contribution in [0.1, 0.15) is 32.6 Å². The Kier molecular flexibility index (Phi) is 5.78. The van der Waals surface area contributed by atoms with Crippen LogP contribution in [-0.4, -0.2) is 38.2 Å². The molecule has 0 amide bonds. The van der Waals surface area contributed by atoms with Gasteiger partial charge in [-0.25, -0.2) is 8.78 Å². The minimum absolute atomic E-state index is 0.0272. The van der Waals surface area contributed by atoms with Crippen LogP contribution in [0.2, 0.25) is 0 Å². The molecule has 0 aromatic carbocycles. The lowest BCUT2D eigenvalue weighted by Gasteiger charge is -2.27. The molecule has 1 fully saturated rings. The molecular weight excluding hydrogens is 240 g/mol. The topological polar surface area (TPSA) is 59.6 Å². The molecule has 0 saturated heterocycles. The van der Waals surface area contributed by atoms with Crippen molar-refractivity contribution >= 4 is 5.96 Å². The van der Waals surface area contributed by atoms with E-state index in [4.69, 9.17) is 10.5 Å². The van der Waals surface area contributed by atoms with Crippen molar-refractivity contribution in [2.75, 3.05) is 20.3 Å². The van der Waals surface area contributed by atoms with E-state index < -0.39 is 5.92 Å². The molecule has 3 N–H and O–H groups in total. The van der Waals surface area contributed by atoms with Gasteiger partial charge in [-0.1, -0.05) is 0 Å². The fourth-order valence-corrected chi connectivity index (χ4v) is 2.10. The lowest BCUT2D eigenvalue weighted by atomic mass is 9.87. The number of rotatable bonds is 5. The lowest BCUT2D eigenvalue weighted by molar-refractivity contribution is -0.0446. The molecule has 18 heavy (non-hydrogen) atoms. The second kappa shape index (κ2) is 6.87. The first kappa shape index (κ1) is 15.1. The molecule has 0 aliphatic heterocycles. The smallest absolute Gasteiger partial charge is 0.248 e. The highest BCUT2D eigenvalue weighted by Crippen LogP contribution is 2.36. The van der Waals surface area contributed by atoms with Gasteiger partial charge in [-0.05, 0) is 25.7 Å². The summed E-state index contributed by atoms with van der Waals surface area (Å²) in [6.45, 7) is 3.01. The number of nitrogens with zero attached hydrogens (tertiary/aromatic N) is 1. The Labute approximate surface area is 107 Å². The van der Waals surface area contributed by atoms with Crippen LogP contribution in [0.15, 0.2) is 4.99 Å². The number of halogens is 2. The molecule has 1 rings (SSSR count). The summed E-state index contributed by atoms with van der Waals surface area (Å²) in [5, 5.41) is 2.99. The number of ether oxygens (including phenoxy) is 1. The summed E-state index contributed by atoms with van der Waals surface area (Å²) in [5.41, 5.74) is 5.71. The van der Waals surface area contributed by atoms with E-state index >= 15 is 0 Å². The van der Waals surface area contributed by atoms with Gasteiger partial charge in [0.25, 0.3) is 0 Å². The molecule has 0 radical (unpaired) electrons. The van der Waals surface area contributed by atoms with Gasteiger partial charge in [0.15, 0.2) is 5.96 Å². The molecule has 0 spiro atoms. The average Bonchev–Trinajstić information content (AvgIpc) is 2.28. The number of nitrogens with two attached hydrogens (primary N) is 1. The number of nitrogens with one attached hydrogen (secondary N) is 1. The Bertz CT molecular complexity index is 274. The van der Waals surface area contributed by atoms with E-state index in [-0.39, 0.29) is 24.8 Å². The number of alkyl halides is 2. The highest BCUT2D eigenvalue weighted by atomic mass is 19.3. The summed E-state index contributed by atoms with van der Waals surface area (Å²) < 4.78 is 30.9. The minimum Gasteiger partial charge on any atom is -0.383 e. The Balaban J connectivity index is 2.27. The molecule has 1 aliphatic carbocycles. The number of hydrogen-bond acceptors (Lipinski definition) is 2. The van der Waals surface area contributed by atoms with Crippen molar-refractivity contribution in [3.05, 3.63) is 0 Å². The van der Waals surface area contributed by atoms with Crippen molar-refractivity contribution in [2.24, 2.45) is 16.6 Å². The van der Waals surface area contributed by atoms with Crippen LogP contribution in [0, 0.1) is 5.92 Å². The molecule has 4 nitrogen and oxygen atoms in total. The van der Waals surface area contributed by atoms with E-state index in [2.05, 4.69) is 10.3 Å². The SMILES string of the molecule is COCC(C)NC(N)=NCC1CCC(F)(F)CC1. The van der Waals surface area contributed by atoms with Crippen molar-refractivity contribution in [3.63, 3.8) is 0 Å². The number of guanidine groups is 1. The second-order valence-electron chi connectivity index (χ2n) is 5.03. The second-order valence-corrected chi connectivity index (χ2v) is 5.03. The minimum atomic E-state index is -2.48. The van der Waals surface area contributed by atoms with Crippen LogP contribution >= 0.6 is 0 Å². The highest BCUT2D eigenvalue weighted by Gasteiger charge is 2.34. The first-order chi connectivity index (χ1) is 8.43. The summed E-state index contributed by atoms with van der Waals surface area (Å²) in [5.74, 6) is -1.89. The number of methoxy groups -OCH3 is 1. The molecular formula is C12H23F2N3O. The van der Waals surface area contributed by atoms with Gasteiger partial charge in [0.1, 0.15) is 0 Å². The molecule has 0 aromatic heterocycles. The predicted octanol–water partition coefficient (Wildman–Crippen LogP) is 1.75. The molecule has 0 bridgehead atoms. The number of hydrogen-bond donors (Lipinski definition) is 2. The molecule has 1 atom stereocenters. The monoisotopic (exact) mass is 263 g/mol. The van der Waals surface area contributed by atoms with Gasteiger partial charge >= 0.3 is 0 Å². The largest absolute Gasteiger partial charge is 0.383 e. The maximum Gasteiger partial charge on any atom is 0.248 e. The van der Waals surface area contributed by atoms with Crippen LogP contribution in [-0.2, 0) is 4.74 Å². The third kappa shape index (κ3) is 5.62. The lowest BCUT2D eigenvalue weighted by Crippen LogP contribution is -2.41. The summed E-state index contributed by atoms with van der Waals surface area (Å²) in [6, 6.07) is 0.0921. The van der Waals surface area contributed by atoms with Gasteiger partial charge in [-0.15, -0.1) is 0 Å². The zero-order valence-corrected chi connectivity index (χ0v) is 11.1. The van der Waals surface area contributed by atoms with Crippen molar-refractivity contribution in [3.8, 4) is 0 Å². The van der Waals surface area contributed by atoms with Crippen molar-refractivity contribution in [1.29, 1.82) is 0 Å². The first-order valence-electron chi connectivity index (χ1n) is 6.36. The van der Waals surface area contributed by atoms with Crippen LogP contribution < -0.4 is 11.1 Å². The van der Waals surface area contributed by atoms with Gasteiger partial charge < -0.3 is 15.8 Å². The normalized spacial score (nSPS) is 22.8. The zero-order valence-electron chi connectivity index (χ0n) is 11.1. The Morgan fingerprint density at radius 3 is 2.67 bits per heavy atom. The van der Waals surface area contributed by atoms with Crippen LogP contribution in [0.3, 0.4) is 0 Å². The van der Waals surface area contributed by atoms with E-state index in [1.807, 2.05) is 6.92 Å². The summed E-state index contributed by atoms with van der Waals surface area (Å²) in [7, 11) is 1.62. The van der Waals surface area contributed by atoms with E-state index in [1.165, 1.54) is 0 Å². The van der Waals surface area contributed by atoms with Crippen molar-refractivity contribution in [2.45, 2.75) is 44.6 Å². The fraction of sp³-hybridized carbons (Fsp3) is 0.917. The van der Waals surface area contributed by atoms with E-state index in [0.717, 1.165) is 0 Å². The highest BCUT2D eigenvalue weighted by molar-refractivity contribution is 5.78. The summed E-state index contributed by atoms with van der Waals surface area (Å²) in [6.07, 6.45) is 0.996. The van der Waals surface area contributed by atoms with Gasteiger partial charge in [-0.2, -0.15) is 0 Å². The Morgan fingerprint density at radius 2 is 2.11 bits per heavy atom. The zero-order chi connectivity index (χ0) is 13.6. The van der Waals surface area contributed by atoms with Gasteiger partial charge in [0.05, 0.1) is 6.61 Å². The average molecular weight is 263 g/mol. The van der Waals surface area contributed by atoms with Crippen molar-refractivity contribution in [1.82, 2.24) is 5.32 Å². The fourth-order valence-electron chi connectivity index (χ4n) is 2.10. The molecule has 6 heteroatoms. The van der Waals surface area contributed by atoms with Crippen LogP contribution in [0.4, 0.5) is 8.78 Å². The maximum atomic E-state index is 12.9. The molecule has 106 valence electrons. The summed E-state index contributed by atoms with van der Waals surface area (Å²) in [4.78, 5) is 4.20. The standard InChI is InChI=1S/C12H23F2N3O/c1-9(8-18-2)17-11(15)16-7-10-3-5-12(13,14)6-4-10/h9-10H,3-8H2,1-2H3,(H3,15,16,17). The van der Waals surface area contributed by atoms with Gasteiger partial charge in [0, 0.05) is 32.5 Å². The molecule has 0 heterocycles. The van der Waals surface area contributed by atoms with E-state index in [1.54, 1.807) is 7.11 Å². The van der Waals surface area contributed by atoms with Crippen molar-refractivity contribution < 1.29 is 13.5 Å². The maximum absolute atomic E-state index is 12.9. The molecule has 1 unspecified atom stereocenters. The Hall–Kier alpha value is -0.910. The molecule has 1 saturated carbocycles. The summed E-state index contributed by atoms with van der Waals surface area (Å²) >= 11 is 0. The first-order valence-corrected chi connectivity index (χ1v) is 6.36. The van der Waals surface area contributed by atoms with Crippen LogP contribution in [0.25, 0.3) is 0 Å². The quantitative estimate of drug-likeness (QED) is 0.587. The van der Waals surface area contributed by atoms with E-state index in [0.29, 0.717) is 32.0 Å². The third-order valence-electron chi connectivity index (χ3n) is 3.17. The third-order valence-corrected chi connectivity index (χ3v) is 3.17. The molecule has 1 aliphatic rings.